The molecule has 1 fully saturated rings. The SMILES string of the molecule is N[C@@H](c1ccc(F)c([N+](=O)[O-])c1)C1CC1. The quantitative estimate of drug-likeness (QED) is 0.613. The van der Waals surface area contributed by atoms with Gasteiger partial charge in [-0.1, -0.05) is 6.07 Å². The lowest BCUT2D eigenvalue weighted by Gasteiger charge is -2.09. The molecule has 1 aliphatic rings. The van der Waals surface area contributed by atoms with E-state index >= 15 is 0 Å². The molecular weight excluding hydrogens is 199 g/mol. The monoisotopic (exact) mass is 210 g/mol. The third-order valence-electron chi connectivity index (χ3n) is 2.68. The first-order valence-electron chi connectivity index (χ1n) is 4.79. The van der Waals surface area contributed by atoms with Gasteiger partial charge in [0.2, 0.25) is 5.82 Å². The van der Waals surface area contributed by atoms with Crippen molar-refractivity contribution < 1.29 is 9.31 Å². The van der Waals surface area contributed by atoms with Crippen LogP contribution in [0.3, 0.4) is 0 Å². The normalized spacial score (nSPS) is 17.5. The van der Waals surface area contributed by atoms with E-state index in [2.05, 4.69) is 0 Å². The topological polar surface area (TPSA) is 69.2 Å². The molecule has 5 heteroatoms. The van der Waals surface area contributed by atoms with E-state index in [-0.39, 0.29) is 6.04 Å². The third kappa shape index (κ3) is 1.97. The Bertz CT molecular complexity index is 404. The molecule has 4 nitrogen and oxygen atoms in total. The van der Waals surface area contributed by atoms with E-state index in [1.54, 1.807) is 0 Å². The van der Waals surface area contributed by atoms with Gasteiger partial charge in [0.15, 0.2) is 0 Å². The fourth-order valence-corrected chi connectivity index (χ4v) is 1.60. The second kappa shape index (κ2) is 3.58. The Kier molecular flexibility index (Phi) is 2.40. The molecule has 0 aliphatic heterocycles. The Hall–Kier alpha value is -1.49. The van der Waals surface area contributed by atoms with Gasteiger partial charge < -0.3 is 5.73 Å². The zero-order chi connectivity index (χ0) is 11.0. The molecule has 1 aliphatic carbocycles. The van der Waals surface area contributed by atoms with Crippen LogP contribution < -0.4 is 5.73 Å². The van der Waals surface area contributed by atoms with Crippen molar-refractivity contribution in [3.05, 3.63) is 39.7 Å². The van der Waals surface area contributed by atoms with Crippen molar-refractivity contribution in [2.75, 3.05) is 0 Å². The van der Waals surface area contributed by atoms with Crippen LogP contribution in [0, 0.1) is 21.8 Å². The summed E-state index contributed by atoms with van der Waals surface area (Å²) in [5.74, 6) is -0.415. The predicted molar refractivity (Wildman–Crippen MR) is 52.7 cm³/mol. The van der Waals surface area contributed by atoms with Crippen molar-refractivity contribution >= 4 is 5.69 Å². The standard InChI is InChI=1S/C10H11FN2O2/c11-8-4-3-7(5-9(8)13(14)15)10(12)6-1-2-6/h3-6,10H,1-2,12H2/t10-/m1/s1. The average Bonchev–Trinajstić information content (AvgIpc) is 3.00. The van der Waals surface area contributed by atoms with Crippen molar-refractivity contribution in [3.8, 4) is 0 Å². The van der Waals surface area contributed by atoms with E-state index in [9.17, 15) is 14.5 Å². The van der Waals surface area contributed by atoms with E-state index in [0.717, 1.165) is 18.9 Å². The van der Waals surface area contributed by atoms with Gasteiger partial charge in [0.1, 0.15) is 0 Å². The van der Waals surface area contributed by atoms with Crippen LogP contribution in [0.4, 0.5) is 10.1 Å². The van der Waals surface area contributed by atoms with Crippen LogP contribution in [-0.4, -0.2) is 4.92 Å². The maximum absolute atomic E-state index is 13.0. The van der Waals surface area contributed by atoms with Gasteiger partial charge in [-0.05, 0) is 30.4 Å². The van der Waals surface area contributed by atoms with Crippen LogP contribution in [0.2, 0.25) is 0 Å². The number of nitrogens with two attached hydrogens (primary N) is 1. The van der Waals surface area contributed by atoms with E-state index in [1.807, 2.05) is 0 Å². The minimum atomic E-state index is -0.813. The van der Waals surface area contributed by atoms with Crippen LogP contribution in [-0.2, 0) is 0 Å². The number of hydrogen-bond donors (Lipinski definition) is 1. The summed E-state index contributed by atoms with van der Waals surface area (Å²) in [4.78, 5) is 9.78. The fourth-order valence-electron chi connectivity index (χ4n) is 1.60. The summed E-state index contributed by atoms with van der Waals surface area (Å²) >= 11 is 0. The molecule has 0 spiro atoms. The van der Waals surface area contributed by atoms with Crippen LogP contribution in [0.5, 0.6) is 0 Å². The zero-order valence-electron chi connectivity index (χ0n) is 8.02. The lowest BCUT2D eigenvalue weighted by molar-refractivity contribution is -0.387. The molecule has 80 valence electrons. The lowest BCUT2D eigenvalue weighted by atomic mass is 10.0. The highest BCUT2D eigenvalue weighted by Gasteiger charge is 2.30. The fraction of sp³-hybridized carbons (Fsp3) is 0.400. The average molecular weight is 210 g/mol. The molecule has 0 radical (unpaired) electrons. The van der Waals surface area contributed by atoms with Gasteiger partial charge >= 0.3 is 5.69 Å². The van der Waals surface area contributed by atoms with Crippen molar-refractivity contribution in [2.45, 2.75) is 18.9 Å². The molecular formula is C10H11FN2O2. The van der Waals surface area contributed by atoms with Gasteiger partial charge in [-0.15, -0.1) is 0 Å². The summed E-state index contributed by atoms with van der Waals surface area (Å²) in [7, 11) is 0. The highest BCUT2D eigenvalue weighted by Crippen LogP contribution is 2.40. The molecule has 0 bridgehead atoms. The summed E-state index contributed by atoms with van der Waals surface area (Å²) < 4.78 is 13.0. The van der Waals surface area contributed by atoms with Gasteiger partial charge in [0.05, 0.1) is 4.92 Å². The van der Waals surface area contributed by atoms with Gasteiger partial charge in [0, 0.05) is 12.1 Å². The first-order valence-corrected chi connectivity index (χ1v) is 4.79. The first-order chi connectivity index (χ1) is 7.09. The number of benzene rings is 1. The Morgan fingerprint density at radius 2 is 2.20 bits per heavy atom. The van der Waals surface area contributed by atoms with Gasteiger partial charge in [-0.2, -0.15) is 4.39 Å². The zero-order valence-corrected chi connectivity index (χ0v) is 8.02. The Balaban J connectivity index is 2.32. The van der Waals surface area contributed by atoms with Crippen LogP contribution in [0.1, 0.15) is 24.4 Å². The highest BCUT2D eigenvalue weighted by molar-refractivity contribution is 5.37. The summed E-state index contributed by atoms with van der Waals surface area (Å²) in [5.41, 5.74) is 6.02. The summed E-state index contributed by atoms with van der Waals surface area (Å²) in [6, 6.07) is 3.66. The molecule has 2 rings (SSSR count). The van der Waals surface area contributed by atoms with E-state index < -0.39 is 16.4 Å². The minimum Gasteiger partial charge on any atom is -0.324 e. The van der Waals surface area contributed by atoms with Gasteiger partial charge in [-0.3, -0.25) is 10.1 Å². The minimum absolute atomic E-state index is 0.204. The first kappa shape index (κ1) is 10.0. The Morgan fingerprint density at radius 3 is 2.73 bits per heavy atom. The summed E-state index contributed by atoms with van der Waals surface area (Å²) in [6.45, 7) is 0. The number of rotatable bonds is 3. The number of nitro benzene ring substituents is 1. The number of hydrogen-bond acceptors (Lipinski definition) is 3. The lowest BCUT2D eigenvalue weighted by Crippen LogP contribution is -2.12. The smallest absolute Gasteiger partial charge is 0.305 e. The molecule has 1 saturated carbocycles. The molecule has 0 heterocycles. The second-order valence-corrected chi connectivity index (χ2v) is 3.83. The molecule has 2 N–H and O–H groups in total. The van der Waals surface area contributed by atoms with Crippen LogP contribution in [0.25, 0.3) is 0 Å². The molecule has 15 heavy (non-hydrogen) atoms. The van der Waals surface area contributed by atoms with Crippen LogP contribution in [0.15, 0.2) is 18.2 Å². The summed E-state index contributed by atoms with van der Waals surface area (Å²) in [6.07, 6.45) is 2.10. The van der Waals surface area contributed by atoms with E-state index in [4.69, 9.17) is 5.73 Å². The summed E-state index contributed by atoms with van der Waals surface area (Å²) in [5, 5.41) is 10.5. The van der Waals surface area contributed by atoms with Crippen molar-refractivity contribution in [2.24, 2.45) is 11.7 Å². The molecule has 0 unspecified atom stereocenters. The Morgan fingerprint density at radius 1 is 1.53 bits per heavy atom. The second-order valence-electron chi connectivity index (χ2n) is 3.83. The van der Waals surface area contributed by atoms with E-state index in [1.165, 1.54) is 12.1 Å². The molecule has 1 atom stereocenters. The van der Waals surface area contributed by atoms with Crippen LogP contribution >= 0.6 is 0 Å². The molecule has 0 aromatic heterocycles. The molecule has 0 amide bonds. The van der Waals surface area contributed by atoms with Crippen molar-refractivity contribution in [1.29, 1.82) is 0 Å². The van der Waals surface area contributed by atoms with Crippen molar-refractivity contribution in [3.63, 3.8) is 0 Å². The third-order valence-corrected chi connectivity index (χ3v) is 2.68. The number of nitrogens with zero attached hydrogens (tertiary/aromatic N) is 1. The van der Waals surface area contributed by atoms with Gasteiger partial charge in [0.25, 0.3) is 0 Å². The number of halogens is 1. The van der Waals surface area contributed by atoms with E-state index in [0.29, 0.717) is 11.5 Å². The molecule has 1 aromatic rings. The van der Waals surface area contributed by atoms with Gasteiger partial charge in [-0.25, -0.2) is 0 Å². The molecule has 0 saturated heterocycles. The maximum atomic E-state index is 13.0. The predicted octanol–water partition coefficient (Wildman–Crippen LogP) is 2.14. The largest absolute Gasteiger partial charge is 0.324 e. The van der Waals surface area contributed by atoms with Crippen molar-refractivity contribution in [1.82, 2.24) is 0 Å². The number of nitro groups is 1. The highest BCUT2D eigenvalue weighted by atomic mass is 19.1. The molecule has 1 aromatic carbocycles. The Labute approximate surface area is 86.0 Å². The maximum Gasteiger partial charge on any atom is 0.305 e.